The number of nitrogens with one attached hydrogen (secondary N) is 1. The van der Waals surface area contributed by atoms with Gasteiger partial charge in [-0.15, -0.1) is 0 Å². The number of amides is 1. The van der Waals surface area contributed by atoms with E-state index in [0.29, 0.717) is 18.6 Å². The molecule has 8 heteroatoms. The van der Waals surface area contributed by atoms with E-state index >= 15 is 0 Å². The van der Waals surface area contributed by atoms with Gasteiger partial charge in [0.15, 0.2) is 6.61 Å². The number of esters is 1. The fraction of sp³-hybridized carbons (Fsp3) is 0.300. The van der Waals surface area contributed by atoms with E-state index in [0.717, 1.165) is 11.3 Å². The topological polar surface area (TPSA) is 108 Å². The summed E-state index contributed by atoms with van der Waals surface area (Å²) in [5, 5.41) is 13.4. The molecule has 0 radical (unpaired) electrons. The summed E-state index contributed by atoms with van der Waals surface area (Å²) in [6, 6.07) is 11.9. The SMILES string of the molecule is Cc1cccc(OCCCC(=O)OCC(=O)Nc2ccc(C)c([N+](=O)[O-])c2)c1. The van der Waals surface area contributed by atoms with Gasteiger partial charge in [0, 0.05) is 23.7 Å². The third kappa shape index (κ3) is 6.71. The van der Waals surface area contributed by atoms with Crippen molar-refractivity contribution in [2.24, 2.45) is 0 Å². The number of nitro benzene ring substituents is 1. The second-order valence-corrected chi connectivity index (χ2v) is 6.24. The van der Waals surface area contributed by atoms with Gasteiger partial charge in [0.1, 0.15) is 5.75 Å². The minimum absolute atomic E-state index is 0.0941. The van der Waals surface area contributed by atoms with Crippen molar-refractivity contribution in [2.45, 2.75) is 26.7 Å². The van der Waals surface area contributed by atoms with Crippen molar-refractivity contribution in [1.82, 2.24) is 0 Å². The van der Waals surface area contributed by atoms with E-state index in [9.17, 15) is 19.7 Å². The molecule has 2 rings (SSSR count). The molecule has 0 aliphatic rings. The number of carbonyl (C=O) groups is 2. The standard InChI is InChI=1S/C20H22N2O6/c1-14-5-3-6-17(11-14)27-10-4-7-20(24)28-13-19(23)21-16-9-8-15(2)18(12-16)22(25)26/h3,5-6,8-9,11-12H,4,7,10,13H2,1-2H3,(H,21,23). The molecule has 1 amide bonds. The van der Waals surface area contributed by atoms with Crippen molar-refractivity contribution in [3.8, 4) is 5.75 Å². The summed E-state index contributed by atoms with van der Waals surface area (Å²) in [7, 11) is 0. The van der Waals surface area contributed by atoms with Crippen LogP contribution >= 0.6 is 0 Å². The van der Waals surface area contributed by atoms with Crippen LogP contribution in [0, 0.1) is 24.0 Å². The van der Waals surface area contributed by atoms with Crippen molar-refractivity contribution < 1.29 is 24.0 Å². The van der Waals surface area contributed by atoms with Crippen LogP contribution in [0.15, 0.2) is 42.5 Å². The maximum Gasteiger partial charge on any atom is 0.306 e. The first-order valence-electron chi connectivity index (χ1n) is 8.75. The number of anilines is 1. The zero-order valence-corrected chi connectivity index (χ0v) is 15.8. The van der Waals surface area contributed by atoms with Crippen LogP contribution in [0.3, 0.4) is 0 Å². The number of rotatable bonds is 9. The Morgan fingerprint density at radius 2 is 1.93 bits per heavy atom. The third-order valence-corrected chi connectivity index (χ3v) is 3.84. The van der Waals surface area contributed by atoms with Crippen LogP contribution in [0.1, 0.15) is 24.0 Å². The molecule has 0 saturated carbocycles. The highest BCUT2D eigenvalue weighted by atomic mass is 16.6. The normalized spacial score (nSPS) is 10.2. The molecular formula is C20H22N2O6. The van der Waals surface area contributed by atoms with Crippen LogP contribution in [-0.2, 0) is 14.3 Å². The van der Waals surface area contributed by atoms with Gasteiger partial charge in [0.05, 0.1) is 11.5 Å². The minimum atomic E-state index is -0.567. The number of carbonyl (C=O) groups excluding carboxylic acids is 2. The second kappa shape index (κ2) is 10.1. The summed E-state index contributed by atoms with van der Waals surface area (Å²) >= 11 is 0. The van der Waals surface area contributed by atoms with Crippen LogP contribution in [-0.4, -0.2) is 30.0 Å². The quantitative estimate of drug-likeness (QED) is 0.306. The largest absolute Gasteiger partial charge is 0.494 e. The Bertz CT molecular complexity index is 866. The Morgan fingerprint density at radius 1 is 1.14 bits per heavy atom. The Balaban J connectivity index is 1.68. The number of nitro groups is 1. The number of ether oxygens (including phenoxy) is 2. The summed E-state index contributed by atoms with van der Waals surface area (Å²) in [5.41, 5.74) is 1.75. The van der Waals surface area contributed by atoms with Crippen LogP contribution in [0.5, 0.6) is 5.75 Å². The van der Waals surface area contributed by atoms with Crippen molar-refractivity contribution in [3.63, 3.8) is 0 Å². The number of aryl methyl sites for hydroxylation is 2. The van der Waals surface area contributed by atoms with Crippen LogP contribution < -0.4 is 10.1 Å². The maximum absolute atomic E-state index is 11.8. The molecule has 2 aromatic carbocycles. The lowest BCUT2D eigenvalue weighted by Crippen LogP contribution is -2.21. The molecule has 0 spiro atoms. The van der Waals surface area contributed by atoms with E-state index in [1.807, 2.05) is 31.2 Å². The first-order chi connectivity index (χ1) is 13.3. The lowest BCUT2D eigenvalue weighted by Gasteiger charge is -2.08. The fourth-order valence-corrected chi connectivity index (χ4v) is 2.41. The van der Waals surface area contributed by atoms with Gasteiger partial charge in [-0.1, -0.05) is 18.2 Å². The van der Waals surface area contributed by atoms with Crippen molar-refractivity contribution in [2.75, 3.05) is 18.5 Å². The first-order valence-corrected chi connectivity index (χ1v) is 8.75. The summed E-state index contributed by atoms with van der Waals surface area (Å²) in [6.07, 6.45) is 0.577. The molecule has 0 heterocycles. The van der Waals surface area contributed by atoms with Crippen molar-refractivity contribution in [3.05, 3.63) is 63.7 Å². The molecule has 2 aromatic rings. The highest BCUT2D eigenvalue weighted by molar-refractivity contribution is 5.93. The molecule has 0 fully saturated rings. The predicted octanol–water partition coefficient (Wildman–Crippen LogP) is 3.55. The molecule has 0 aliphatic carbocycles. The molecule has 0 atom stereocenters. The molecule has 0 aromatic heterocycles. The molecule has 0 aliphatic heterocycles. The van der Waals surface area contributed by atoms with E-state index in [4.69, 9.17) is 9.47 Å². The van der Waals surface area contributed by atoms with Crippen LogP contribution in [0.25, 0.3) is 0 Å². The summed E-state index contributed by atoms with van der Waals surface area (Å²) in [5.74, 6) is -0.347. The number of hydrogen-bond acceptors (Lipinski definition) is 6. The highest BCUT2D eigenvalue weighted by Gasteiger charge is 2.13. The number of nitrogens with zero attached hydrogens (tertiary/aromatic N) is 1. The van der Waals surface area contributed by atoms with Gasteiger partial charge in [-0.2, -0.15) is 0 Å². The van der Waals surface area contributed by atoms with Gasteiger partial charge in [-0.05, 0) is 44.0 Å². The molecule has 148 valence electrons. The minimum Gasteiger partial charge on any atom is -0.494 e. The Labute approximate surface area is 162 Å². The van der Waals surface area contributed by atoms with Gasteiger partial charge in [0.2, 0.25) is 0 Å². The average Bonchev–Trinajstić information content (AvgIpc) is 2.65. The zero-order valence-electron chi connectivity index (χ0n) is 15.8. The first kappa shape index (κ1) is 20.9. The van der Waals surface area contributed by atoms with E-state index in [1.54, 1.807) is 13.0 Å². The Kier molecular flexibility index (Phi) is 7.50. The average molecular weight is 386 g/mol. The van der Waals surface area contributed by atoms with Crippen molar-refractivity contribution in [1.29, 1.82) is 0 Å². The molecular weight excluding hydrogens is 364 g/mol. The van der Waals surface area contributed by atoms with Crippen LogP contribution in [0.2, 0.25) is 0 Å². The third-order valence-electron chi connectivity index (χ3n) is 3.84. The lowest BCUT2D eigenvalue weighted by molar-refractivity contribution is -0.385. The monoisotopic (exact) mass is 386 g/mol. The lowest BCUT2D eigenvalue weighted by atomic mass is 10.2. The predicted molar refractivity (Wildman–Crippen MR) is 103 cm³/mol. The summed E-state index contributed by atoms with van der Waals surface area (Å²) < 4.78 is 10.4. The highest BCUT2D eigenvalue weighted by Crippen LogP contribution is 2.22. The van der Waals surface area contributed by atoms with Crippen LogP contribution in [0.4, 0.5) is 11.4 Å². The maximum atomic E-state index is 11.8. The number of hydrogen-bond donors (Lipinski definition) is 1. The molecule has 0 bridgehead atoms. The van der Waals surface area contributed by atoms with E-state index in [2.05, 4.69) is 5.32 Å². The molecule has 28 heavy (non-hydrogen) atoms. The summed E-state index contributed by atoms with van der Waals surface area (Å²) in [6.45, 7) is 3.47. The molecule has 1 N–H and O–H groups in total. The fourth-order valence-electron chi connectivity index (χ4n) is 2.41. The van der Waals surface area contributed by atoms with E-state index < -0.39 is 23.4 Å². The smallest absolute Gasteiger partial charge is 0.306 e. The van der Waals surface area contributed by atoms with Gasteiger partial charge >= 0.3 is 5.97 Å². The van der Waals surface area contributed by atoms with Gasteiger partial charge in [-0.3, -0.25) is 19.7 Å². The molecule has 8 nitrogen and oxygen atoms in total. The van der Waals surface area contributed by atoms with Gasteiger partial charge < -0.3 is 14.8 Å². The molecule has 0 saturated heterocycles. The van der Waals surface area contributed by atoms with Crippen molar-refractivity contribution >= 4 is 23.3 Å². The van der Waals surface area contributed by atoms with Gasteiger partial charge in [0.25, 0.3) is 11.6 Å². The molecule has 0 unspecified atom stereocenters. The van der Waals surface area contributed by atoms with Gasteiger partial charge in [-0.25, -0.2) is 0 Å². The second-order valence-electron chi connectivity index (χ2n) is 6.24. The summed E-state index contributed by atoms with van der Waals surface area (Å²) in [4.78, 5) is 33.9. The van der Waals surface area contributed by atoms with E-state index in [1.165, 1.54) is 12.1 Å². The zero-order chi connectivity index (χ0) is 20.5. The Morgan fingerprint density at radius 3 is 2.64 bits per heavy atom. The Hall–Kier alpha value is -3.42. The number of benzene rings is 2. The van der Waals surface area contributed by atoms with E-state index in [-0.39, 0.29) is 17.8 Å².